The van der Waals surface area contributed by atoms with E-state index in [1.165, 1.54) is 0 Å². The number of hydrogen-bond donors (Lipinski definition) is 1. The van der Waals surface area contributed by atoms with Gasteiger partial charge in [0.25, 0.3) is 0 Å². The van der Waals surface area contributed by atoms with Crippen LogP contribution in [0.2, 0.25) is 18.1 Å². The minimum absolute atomic E-state index is 0.0409. The SMILES string of the molecule is CC(O[Si](C)(C)C(C)(C)C)[C@H]1C(=O)N[C@@H]1C(=O)c1ccccc1. The molecule has 1 heterocycles. The quantitative estimate of drug-likeness (QED) is 0.510. The fraction of sp³-hybridized carbons (Fsp3) is 0.556. The molecule has 1 saturated heterocycles. The summed E-state index contributed by atoms with van der Waals surface area (Å²) in [6.07, 6.45) is -0.262. The third-order valence-electron chi connectivity index (χ3n) is 5.09. The molecule has 1 N–H and O–H groups in total. The number of amides is 1. The van der Waals surface area contributed by atoms with Gasteiger partial charge in [-0.05, 0) is 25.1 Å². The van der Waals surface area contributed by atoms with E-state index in [2.05, 4.69) is 39.2 Å². The van der Waals surface area contributed by atoms with Crippen LogP contribution in [0, 0.1) is 5.92 Å². The monoisotopic (exact) mass is 333 g/mol. The molecular weight excluding hydrogens is 306 g/mol. The van der Waals surface area contributed by atoms with Crippen LogP contribution in [0.15, 0.2) is 30.3 Å². The molecule has 1 unspecified atom stereocenters. The number of carbonyl (C=O) groups is 2. The van der Waals surface area contributed by atoms with Crippen LogP contribution in [-0.4, -0.2) is 32.2 Å². The Labute approximate surface area is 139 Å². The second kappa shape index (κ2) is 6.21. The van der Waals surface area contributed by atoms with E-state index in [4.69, 9.17) is 4.43 Å². The summed E-state index contributed by atoms with van der Waals surface area (Å²) in [5.41, 5.74) is 0.627. The Morgan fingerprint density at radius 1 is 1.22 bits per heavy atom. The van der Waals surface area contributed by atoms with Crippen LogP contribution in [0.3, 0.4) is 0 Å². The molecule has 0 bridgehead atoms. The Kier molecular flexibility index (Phi) is 4.83. The summed E-state index contributed by atoms with van der Waals surface area (Å²) >= 11 is 0. The molecule has 1 aliphatic heterocycles. The highest BCUT2D eigenvalue weighted by Gasteiger charge is 2.50. The first-order valence-electron chi connectivity index (χ1n) is 8.12. The molecule has 0 spiro atoms. The number of nitrogens with one attached hydrogen (secondary N) is 1. The first kappa shape index (κ1) is 17.9. The maximum Gasteiger partial charge on any atom is 0.228 e. The predicted molar refractivity (Wildman–Crippen MR) is 93.9 cm³/mol. The second-order valence-electron chi connectivity index (χ2n) is 7.83. The molecular formula is C18H27NO3Si. The Morgan fingerprint density at radius 2 is 1.78 bits per heavy atom. The Morgan fingerprint density at radius 3 is 2.26 bits per heavy atom. The van der Waals surface area contributed by atoms with Crippen LogP contribution >= 0.6 is 0 Å². The van der Waals surface area contributed by atoms with E-state index < -0.39 is 20.3 Å². The van der Waals surface area contributed by atoms with Gasteiger partial charge in [-0.2, -0.15) is 0 Å². The van der Waals surface area contributed by atoms with Gasteiger partial charge in [-0.3, -0.25) is 9.59 Å². The van der Waals surface area contributed by atoms with Crippen molar-refractivity contribution in [3.05, 3.63) is 35.9 Å². The second-order valence-corrected chi connectivity index (χ2v) is 12.6. The zero-order valence-electron chi connectivity index (χ0n) is 14.8. The van der Waals surface area contributed by atoms with Crippen LogP contribution in [-0.2, 0) is 9.22 Å². The number of carbonyl (C=O) groups excluding carboxylic acids is 2. The van der Waals surface area contributed by atoms with Gasteiger partial charge in [-0.1, -0.05) is 51.1 Å². The Balaban J connectivity index is 2.12. The first-order valence-corrected chi connectivity index (χ1v) is 11.0. The zero-order chi connectivity index (χ0) is 17.4. The summed E-state index contributed by atoms with van der Waals surface area (Å²) in [6, 6.07) is 8.62. The van der Waals surface area contributed by atoms with Gasteiger partial charge >= 0.3 is 0 Å². The van der Waals surface area contributed by atoms with Gasteiger partial charge < -0.3 is 9.74 Å². The number of benzene rings is 1. The van der Waals surface area contributed by atoms with Gasteiger partial charge in [0.15, 0.2) is 14.1 Å². The van der Waals surface area contributed by atoms with E-state index in [-0.39, 0.29) is 22.8 Å². The third-order valence-corrected chi connectivity index (χ3v) is 9.67. The van der Waals surface area contributed by atoms with E-state index >= 15 is 0 Å². The molecule has 0 aliphatic carbocycles. The standard InChI is InChI=1S/C18H27NO3Si/c1-12(22-23(5,6)18(2,3)4)14-15(19-17(14)21)16(20)13-10-8-7-9-11-13/h7-12,14-15H,1-6H3,(H,19,21)/t12?,14-,15+/m1/s1. The molecule has 0 aromatic heterocycles. The molecule has 1 aliphatic rings. The van der Waals surface area contributed by atoms with Gasteiger partial charge in [0.1, 0.15) is 6.04 Å². The summed E-state index contributed by atoms with van der Waals surface area (Å²) in [5.74, 6) is -0.539. The molecule has 23 heavy (non-hydrogen) atoms. The number of ketones is 1. The molecule has 3 atom stereocenters. The van der Waals surface area contributed by atoms with E-state index in [9.17, 15) is 9.59 Å². The smallest absolute Gasteiger partial charge is 0.228 e. The maximum absolute atomic E-state index is 12.6. The number of β-lactam (4-membered cyclic amide) rings is 1. The number of Topliss-reactive ketones (excluding diaryl/α,β-unsaturated/α-hetero) is 1. The summed E-state index contributed by atoms with van der Waals surface area (Å²) in [7, 11) is -1.98. The maximum atomic E-state index is 12.6. The molecule has 0 saturated carbocycles. The molecule has 0 radical (unpaired) electrons. The van der Waals surface area contributed by atoms with Crippen molar-refractivity contribution in [1.29, 1.82) is 0 Å². The average molecular weight is 334 g/mol. The fourth-order valence-corrected chi connectivity index (χ4v) is 4.03. The molecule has 1 amide bonds. The molecule has 4 nitrogen and oxygen atoms in total. The predicted octanol–water partition coefficient (Wildman–Crippen LogP) is 3.39. The highest BCUT2D eigenvalue weighted by atomic mass is 28.4. The van der Waals surface area contributed by atoms with Crippen LogP contribution in [0.5, 0.6) is 0 Å². The van der Waals surface area contributed by atoms with Crippen molar-refractivity contribution >= 4 is 20.0 Å². The van der Waals surface area contributed by atoms with Crippen LogP contribution in [0.1, 0.15) is 38.1 Å². The van der Waals surface area contributed by atoms with Crippen LogP contribution < -0.4 is 5.32 Å². The van der Waals surface area contributed by atoms with E-state index in [0.717, 1.165) is 0 Å². The van der Waals surface area contributed by atoms with Gasteiger partial charge in [0.2, 0.25) is 5.91 Å². The van der Waals surface area contributed by atoms with Crippen molar-refractivity contribution < 1.29 is 14.0 Å². The zero-order valence-corrected chi connectivity index (χ0v) is 15.8. The first-order chi connectivity index (χ1) is 10.5. The van der Waals surface area contributed by atoms with Gasteiger partial charge in [-0.25, -0.2) is 0 Å². The largest absolute Gasteiger partial charge is 0.413 e. The molecule has 1 aromatic carbocycles. The van der Waals surface area contributed by atoms with Crippen molar-refractivity contribution in [2.45, 2.75) is 58.0 Å². The fourth-order valence-electron chi connectivity index (χ4n) is 2.60. The van der Waals surface area contributed by atoms with E-state index in [1.807, 2.05) is 25.1 Å². The molecule has 1 fully saturated rings. The third kappa shape index (κ3) is 3.56. The van der Waals surface area contributed by atoms with Crippen molar-refractivity contribution in [2.24, 2.45) is 5.92 Å². The van der Waals surface area contributed by atoms with Crippen molar-refractivity contribution in [1.82, 2.24) is 5.32 Å². The summed E-state index contributed by atoms with van der Waals surface area (Å²) in [4.78, 5) is 24.6. The lowest BCUT2D eigenvalue weighted by molar-refractivity contribution is -0.138. The van der Waals surface area contributed by atoms with E-state index in [1.54, 1.807) is 12.1 Å². The molecule has 2 rings (SSSR count). The number of hydrogen-bond acceptors (Lipinski definition) is 3. The van der Waals surface area contributed by atoms with Crippen LogP contribution in [0.25, 0.3) is 0 Å². The molecule has 5 heteroatoms. The van der Waals surface area contributed by atoms with Crippen molar-refractivity contribution in [3.8, 4) is 0 Å². The topological polar surface area (TPSA) is 55.4 Å². The minimum atomic E-state index is -1.98. The van der Waals surface area contributed by atoms with Gasteiger partial charge in [0, 0.05) is 5.56 Å². The normalized spacial score (nSPS) is 23.0. The van der Waals surface area contributed by atoms with Crippen molar-refractivity contribution in [3.63, 3.8) is 0 Å². The Bertz CT molecular complexity index is 592. The Hall–Kier alpha value is -1.46. The minimum Gasteiger partial charge on any atom is -0.413 e. The molecule has 126 valence electrons. The summed E-state index contributed by atoms with van der Waals surface area (Å²) in [5, 5.41) is 2.81. The van der Waals surface area contributed by atoms with Gasteiger partial charge in [0.05, 0.1) is 12.0 Å². The van der Waals surface area contributed by atoms with Crippen molar-refractivity contribution in [2.75, 3.05) is 0 Å². The van der Waals surface area contributed by atoms with E-state index in [0.29, 0.717) is 5.56 Å². The number of rotatable bonds is 5. The summed E-state index contributed by atoms with van der Waals surface area (Å²) in [6.45, 7) is 12.7. The highest BCUT2D eigenvalue weighted by molar-refractivity contribution is 6.74. The summed E-state index contributed by atoms with van der Waals surface area (Å²) < 4.78 is 6.32. The molecule has 1 aromatic rings. The van der Waals surface area contributed by atoms with Gasteiger partial charge in [-0.15, -0.1) is 0 Å². The van der Waals surface area contributed by atoms with Crippen LogP contribution in [0.4, 0.5) is 0 Å². The lowest BCUT2D eigenvalue weighted by Gasteiger charge is -2.44. The highest BCUT2D eigenvalue weighted by Crippen LogP contribution is 2.39. The average Bonchev–Trinajstić information content (AvgIpc) is 2.42. The lowest BCUT2D eigenvalue weighted by atomic mass is 9.81. The lowest BCUT2D eigenvalue weighted by Crippen LogP contribution is -2.66.